The molecule has 10 heteroatoms. The molecule has 0 saturated heterocycles. The number of halogens is 4. The van der Waals surface area contributed by atoms with E-state index in [1.807, 2.05) is 0 Å². The van der Waals surface area contributed by atoms with Crippen LogP contribution in [-0.4, -0.2) is 33.7 Å². The van der Waals surface area contributed by atoms with Gasteiger partial charge in [0.15, 0.2) is 5.65 Å². The molecule has 0 bridgehead atoms. The fourth-order valence-electron chi connectivity index (χ4n) is 3.04. The van der Waals surface area contributed by atoms with E-state index >= 15 is 0 Å². The maximum absolute atomic E-state index is 12.9. The zero-order valence-corrected chi connectivity index (χ0v) is 17.6. The number of hydrogen-bond acceptors (Lipinski definition) is 6. The van der Waals surface area contributed by atoms with Gasteiger partial charge in [-0.3, -0.25) is 4.98 Å². The summed E-state index contributed by atoms with van der Waals surface area (Å²) in [7, 11) is 1.57. The Labute approximate surface area is 186 Å². The molecule has 164 valence electrons. The lowest BCUT2D eigenvalue weighted by atomic mass is 10.2. The predicted molar refractivity (Wildman–Crippen MR) is 116 cm³/mol. The summed E-state index contributed by atoms with van der Waals surface area (Å²) in [5.41, 5.74) is 1.19. The first-order chi connectivity index (χ1) is 15.3. The predicted octanol–water partition coefficient (Wildman–Crippen LogP) is 5.69. The molecule has 6 nitrogen and oxygen atoms in total. The molecule has 0 aliphatic heterocycles. The van der Waals surface area contributed by atoms with Crippen molar-refractivity contribution in [1.82, 2.24) is 19.9 Å². The minimum Gasteiger partial charge on any atom is -0.384 e. The van der Waals surface area contributed by atoms with Crippen LogP contribution in [0.4, 0.5) is 24.7 Å². The Kier molecular flexibility index (Phi) is 6.20. The summed E-state index contributed by atoms with van der Waals surface area (Å²) in [4.78, 5) is 17.9. The molecule has 4 aromatic rings. The van der Waals surface area contributed by atoms with E-state index in [0.717, 1.165) is 12.1 Å². The molecule has 0 spiro atoms. The van der Waals surface area contributed by atoms with Gasteiger partial charge in [-0.05, 0) is 48.5 Å². The average molecular weight is 460 g/mol. The molecule has 0 radical (unpaired) electrons. The molecular weight excluding hydrogens is 443 g/mol. The number of aromatic nitrogens is 4. The molecule has 0 amide bonds. The third-order valence-corrected chi connectivity index (χ3v) is 4.92. The topological polar surface area (TPSA) is 72.8 Å². The normalized spacial score (nSPS) is 11.7. The molecule has 3 aromatic heterocycles. The van der Waals surface area contributed by atoms with Crippen LogP contribution in [0.2, 0.25) is 5.02 Å². The maximum Gasteiger partial charge on any atom is 0.416 e. The molecule has 0 atom stereocenters. The first-order valence-electron chi connectivity index (χ1n) is 9.57. The number of nitrogens with one attached hydrogen (secondary N) is 1. The van der Waals surface area contributed by atoms with Gasteiger partial charge in [0.05, 0.1) is 28.3 Å². The Morgan fingerprint density at radius 2 is 1.78 bits per heavy atom. The van der Waals surface area contributed by atoms with Crippen molar-refractivity contribution in [1.29, 1.82) is 0 Å². The Hall–Kier alpha value is -3.30. The Morgan fingerprint density at radius 1 is 1.00 bits per heavy atom. The summed E-state index contributed by atoms with van der Waals surface area (Å²) in [6.45, 7) is 0.400. The quantitative estimate of drug-likeness (QED) is 0.399. The Bertz CT molecular complexity index is 1250. The zero-order valence-electron chi connectivity index (χ0n) is 16.8. The third-order valence-electron chi connectivity index (χ3n) is 4.61. The second-order valence-electron chi connectivity index (χ2n) is 6.83. The number of alkyl halides is 3. The highest BCUT2D eigenvalue weighted by Crippen LogP contribution is 2.32. The number of methoxy groups -OCH3 is 1. The highest BCUT2D eigenvalue weighted by Gasteiger charge is 2.30. The van der Waals surface area contributed by atoms with Gasteiger partial charge in [-0.15, -0.1) is 0 Å². The fourth-order valence-corrected chi connectivity index (χ4v) is 3.26. The molecule has 0 saturated carbocycles. The van der Waals surface area contributed by atoms with Crippen LogP contribution >= 0.6 is 11.6 Å². The minimum atomic E-state index is -4.40. The molecule has 4 rings (SSSR count). The molecule has 1 N–H and O–H groups in total. The van der Waals surface area contributed by atoms with Gasteiger partial charge in [0.1, 0.15) is 17.3 Å². The molecular formula is C22H17ClF3N5O. The van der Waals surface area contributed by atoms with E-state index in [4.69, 9.17) is 16.3 Å². The van der Waals surface area contributed by atoms with E-state index < -0.39 is 11.7 Å². The highest BCUT2D eigenvalue weighted by atomic mass is 35.5. The second-order valence-corrected chi connectivity index (χ2v) is 7.24. The van der Waals surface area contributed by atoms with E-state index in [-0.39, 0.29) is 0 Å². The van der Waals surface area contributed by atoms with E-state index in [0.29, 0.717) is 57.8 Å². The maximum atomic E-state index is 12.9. The van der Waals surface area contributed by atoms with Gasteiger partial charge >= 0.3 is 6.18 Å². The largest absolute Gasteiger partial charge is 0.416 e. The summed E-state index contributed by atoms with van der Waals surface area (Å²) in [6, 6.07) is 11.7. The standard InChI is InChI=1S/C22H17ClF3N5O/c1-32-12-10-18-30-20(28-14-6-4-13(5-7-14)22(24,25)26)15-8-9-17(29-21(15)31-18)19-16(23)3-2-11-27-19/h2-9,11H,10,12H2,1H3,(H,28,29,30,31). The summed E-state index contributed by atoms with van der Waals surface area (Å²) >= 11 is 6.25. The first-order valence-corrected chi connectivity index (χ1v) is 9.95. The summed E-state index contributed by atoms with van der Waals surface area (Å²) in [5, 5.41) is 4.13. The van der Waals surface area contributed by atoms with Crippen molar-refractivity contribution in [3.8, 4) is 11.4 Å². The van der Waals surface area contributed by atoms with Crippen LogP contribution in [0, 0.1) is 0 Å². The second kappa shape index (κ2) is 9.05. The van der Waals surface area contributed by atoms with Crippen molar-refractivity contribution < 1.29 is 17.9 Å². The van der Waals surface area contributed by atoms with Gasteiger partial charge in [0, 0.05) is 25.4 Å². The lowest BCUT2D eigenvalue weighted by Gasteiger charge is -2.12. The lowest BCUT2D eigenvalue weighted by molar-refractivity contribution is -0.137. The van der Waals surface area contributed by atoms with E-state index in [2.05, 4.69) is 25.3 Å². The average Bonchev–Trinajstić information content (AvgIpc) is 2.77. The van der Waals surface area contributed by atoms with Gasteiger partial charge in [0.25, 0.3) is 0 Å². The molecule has 1 aromatic carbocycles. The molecule has 0 aliphatic rings. The number of nitrogens with zero attached hydrogens (tertiary/aromatic N) is 4. The van der Waals surface area contributed by atoms with Gasteiger partial charge < -0.3 is 10.1 Å². The van der Waals surface area contributed by atoms with Crippen LogP contribution in [0.15, 0.2) is 54.7 Å². The first kappa shape index (κ1) is 21.9. The van der Waals surface area contributed by atoms with Crippen molar-refractivity contribution in [2.45, 2.75) is 12.6 Å². The third kappa shape index (κ3) is 4.79. The molecule has 0 unspecified atom stereocenters. The number of anilines is 2. The molecule has 3 heterocycles. The summed E-state index contributed by atoms with van der Waals surface area (Å²) in [6.07, 6.45) is -2.35. The molecule has 0 aliphatic carbocycles. The van der Waals surface area contributed by atoms with Gasteiger partial charge in [-0.25, -0.2) is 15.0 Å². The number of ether oxygens (including phenoxy) is 1. The molecule has 0 fully saturated rings. The number of fused-ring (bicyclic) bond motifs is 1. The van der Waals surface area contributed by atoms with Crippen LogP contribution in [0.25, 0.3) is 22.4 Å². The smallest absolute Gasteiger partial charge is 0.384 e. The summed E-state index contributed by atoms with van der Waals surface area (Å²) in [5.74, 6) is 0.901. The Morgan fingerprint density at radius 3 is 2.47 bits per heavy atom. The minimum absolute atomic E-state index is 0.400. The van der Waals surface area contributed by atoms with Gasteiger partial charge in [-0.1, -0.05) is 11.6 Å². The Balaban J connectivity index is 1.75. The zero-order chi connectivity index (χ0) is 22.7. The van der Waals surface area contributed by atoms with Crippen molar-refractivity contribution in [2.75, 3.05) is 19.0 Å². The van der Waals surface area contributed by atoms with E-state index in [9.17, 15) is 13.2 Å². The highest BCUT2D eigenvalue weighted by molar-refractivity contribution is 6.32. The van der Waals surface area contributed by atoms with Crippen LogP contribution in [0.3, 0.4) is 0 Å². The van der Waals surface area contributed by atoms with Crippen molar-refractivity contribution in [2.24, 2.45) is 0 Å². The number of hydrogen-bond donors (Lipinski definition) is 1. The van der Waals surface area contributed by atoms with E-state index in [1.165, 1.54) is 12.1 Å². The number of benzene rings is 1. The SMILES string of the molecule is COCCc1nc(Nc2ccc(C(F)(F)F)cc2)c2ccc(-c3ncccc3Cl)nc2n1. The monoisotopic (exact) mass is 459 g/mol. The summed E-state index contributed by atoms with van der Waals surface area (Å²) < 4.78 is 43.7. The van der Waals surface area contributed by atoms with Crippen LogP contribution in [0.5, 0.6) is 0 Å². The number of rotatable bonds is 6. The van der Waals surface area contributed by atoms with Crippen molar-refractivity contribution in [3.63, 3.8) is 0 Å². The van der Waals surface area contributed by atoms with Gasteiger partial charge in [0.2, 0.25) is 0 Å². The van der Waals surface area contributed by atoms with Crippen LogP contribution in [0.1, 0.15) is 11.4 Å². The lowest BCUT2D eigenvalue weighted by Crippen LogP contribution is -2.07. The van der Waals surface area contributed by atoms with E-state index in [1.54, 1.807) is 37.6 Å². The fraction of sp³-hybridized carbons (Fsp3) is 0.182. The molecule has 32 heavy (non-hydrogen) atoms. The van der Waals surface area contributed by atoms with Gasteiger partial charge in [-0.2, -0.15) is 13.2 Å². The van der Waals surface area contributed by atoms with Crippen LogP contribution < -0.4 is 5.32 Å². The van der Waals surface area contributed by atoms with Crippen molar-refractivity contribution in [3.05, 3.63) is 71.1 Å². The van der Waals surface area contributed by atoms with Crippen molar-refractivity contribution >= 4 is 34.1 Å². The van der Waals surface area contributed by atoms with Crippen LogP contribution in [-0.2, 0) is 17.3 Å². The number of pyridine rings is 2.